The first kappa shape index (κ1) is 13.4. The van der Waals surface area contributed by atoms with E-state index in [1.165, 1.54) is 6.20 Å². The van der Waals surface area contributed by atoms with E-state index in [-0.39, 0.29) is 11.9 Å². The van der Waals surface area contributed by atoms with E-state index in [0.29, 0.717) is 11.2 Å². The Hall–Kier alpha value is -2.63. The quantitative estimate of drug-likeness (QED) is 0.774. The van der Waals surface area contributed by atoms with Crippen molar-refractivity contribution in [2.45, 2.75) is 26.8 Å². The van der Waals surface area contributed by atoms with Gasteiger partial charge in [0.15, 0.2) is 5.65 Å². The monoisotopic (exact) mass is 284 g/mol. The third-order valence-corrected chi connectivity index (χ3v) is 3.40. The topological polar surface area (TPSA) is 83.8 Å². The Balaban J connectivity index is 1.81. The van der Waals surface area contributed by atoms with Gasteiger partial charge < -0.3 is 9.73 Å². The fourth-order valence-electron chi connectivity index (χ4n) is 2.18. The van der Waals surface area contributed by atoms with Gasteiger partial charge in [0.05, 0.1) is 11.6 Å². The number of pyridine rings is 1. The van der Waals surface area contributed by atoms with E-state index in [1.807, 2.05) is 32.9 Å². The molecule has 2 N–H and O–H groups in total. The summed E-state index contributed by atoms with van der Waals surface area (Å²) in [5.74, 6) is 1.36. The van der Waals surface area contributed by atoms with Crippen molar-refractivity contribution in [2.75, 3.05) is 0 Å². The van der Waals surface area contributed by atoms with Crippen LogP contribution in [0.2, 0.25) is 0 Å². The first-order chi connectivity index (χ1) is 10.0. The molecular weight excluding hydrogens is 268 g/mol. The minimum Gasteiger partial charge on any atom is -0.464 e. The van der Waals surface area contributed by atoms with E-state index in [4.69, 9.17) is 4.42 Å². The number of carbonyl (C=O) groups is 1. The van der Waals surface area contributed by atoms with E-state index in [0.717, 1.165) is 22.6 Å². The van der Waals surface area contributed by atoms with Crippen LogP contribution in [0, 0.1) is 13.8 Å². The number of carbonyl (C=O) groups excluding carboxylic acids is 1. The van der Waals surface area contributed by atoms with Crippen LogP contribution in [0.15, 0.2) is 28.8 Å². The second-order valence-corrected chi connectivity index (χ2v) is 5.09. The molecule has 0 bridgehead atoms. The third kappa shape index (κ3) is 2.52. The van der Waals surface area contributed by atoms with E-state index in [2.05, 4.69) is 20.5 Å². The number of furan rings is 1. The minimum absolute atomic E-state index is 0.188. The van der Waals surface area contributed by atoms with Crippen LogP contribution >= 0.6 is 0 Å². The van der Waals surface area contributed by atoms with Crippen molar-refractivity contribution >= 4 is 16.9 Å². The average molecular weight is 284 g/mol. The summed E-state index contributed by atoms with van der Waals surface area (Å²) >= 11 is 0. The van der Waals surface area contributed by atoms with E-state index in [9.17, 15) is 4.79 Å². The van der Waals surface area contributed by atoms with Gasteiger partial charge in [0.25, 0.3) is 5.91 Å². The maximum atomic E-state index is 12.3. The maximum Gasteiger partial charge on any atom is 0.253 e. The summed E-state index contributed by atoms with van der Waals surface area (Å²) in [6.45, 7) is 5.65. The molecule has 0 radical (unpaired) electrons. The van der Waals surface area contributed by atoms with Gasteiger partial charge >= 0.3 is 0 Å². The molecular formula is C15H16N4O2. The van der Waals surface area contributed by atoms with Crippen LogP contribution in [0.4, 0.5) is 0 Å². The summed E-state index contributed by atoms with van der Waals surface area (Å²) in [6, 6.07) is 5.33. The van der Waals surface area contributed by atoms with Crippen molar-refractivity contribution < 1.29 is 9.21 Å². The zero-order valence-electron chi connectivity index (χ0n) is 12.1. The Morgan fingerprint density at radius 2 is 2.19 bits per heavy atom. The lowest BCUT2D eigenvalue weighted by atomic mass is 10.2. The van der Waals surface area contributed by atoms with Gasteiger partial charge in [-0.25, -0.2) is 4.98 Å². The van der Waals surface area contributed by atoms with Crippen molar-refractivity contribution in [2.24, 2.45) is 0 Å². The van der Waals surface area contributed by atoms with Crippen LogP contribution in [-0.2, 0) is 0 Å². The van der Waals surface area contributed by atoms with Crippen LogP contribution in [0.1, 0.15) is 40.5 Å². The third-order valence-electron chi connectivity index (χ3n) is 3.40. The summed E-state index contributed by atoms with van der Waals surface area (Å²) in [5, 5.41) is 10.6. The number of aryl methyl sites for hydroxylation is 2. The van der Waals surface area contributed by atoms with E-state index >= 15 is 0 Å². The maximum absolute atomic E-state index is 12.3. The highest BCUT2D eigenvalue weighted by Crippen LogP contribution is 2.18. The molecule has 0 aliphatic heterocycles. The number of rotatable bonds is 3. The van der Waals surface area contributed by atoms with Gasteiger partial charge in [-0.2, -0.15) is 5.10 Å². The summed E-state index contributed by atoms with van der Waals surface area (Å²) in [6.07, 6.45) is 1.53. The highest BCUT2D eigenvalue weighted by atomic mass is 16.3. The number of hydrogen-bond donors (Lipinski definition) is 2. The molecule has 3 heterocycles. The number of nitrogens with zero attached hydrogens (tertiary/aromatic N) is 2. The number of H-pyrrole nitrogens is 1. The Morgan fingerprint density at radius 1 is 1.38 bits per heavy atom. The minimum atomic E-state index is -0.202. The highest BCUT2D eigenvalue weighted by molar-refractivity contribution is 5.97. The first-order valence-electron chi connectivity index (χ1n) is 6.72. The lowest BCUT2D eigenvalue weighted by molar-refractivity contribution is 0.0935. The Labute approximate surface area is 121 Å². The number of fused-ring (bicyclic) bond motifs is 1. The molecule has 0 spiro atoms. The molecule has 0 fully saturated rings. The van der Waals surface area contributed by atoms with Crippen LogP contribution in [0.25, 0.3) is 11.0 Å². The molecule has 6 heteroatoms. The normalized spacial score (nSPS) is 12.5. The first-order valence-corrected chi connectivity index (χ1v) is 6.72. The second-order valence-electron chi connectivity index (χ2n) is 5.09. The summed E-state index contributed by atoms with van der Waals surface area (Å²) in [7, 11) is 0. The number of aromatic amines is 1. The molecule has 3 aromatic rings. The van der Waals surface area contributed by atoms with Crippen LogP contribution in [0.3, 0.4) is 0 Å². The zero-order chi connectivity index (χ0) is 15.0. The van der Waals surface area contributed by atoms with Crippen molar-refractivity contribution in [3.05, 3.63) is 47.2 Å². The number of nitrogens with one attached hydrogen (secondary N) is 2. The summed E-state index contributed by atoms with van der Waals surface area (Å²) in [4.78, 5) is 16.5. The Morgan fingerprint density at radius 3 is 2.90 bits per heavy atom. The summed E-state index contributed by atoms with van der Waals surface area (Å²) < 4.78 is 5.51. The lowest BCUT2D eigenvalue weighted by Crippen LogP contribution is -2.26. The smallest absolute Gasteiger partial charge is 0.253 e. The molecule has 1 amide bonds. The molecule has 108 valence electrons. The molecule has 0 aliphatic carbocycles. The van der Waals surface area contributed by atoms with Crippen molar-refractivity contribution in [1.82, 2.24) is 20.5 Å². The van der Waals surface area contributed by atoms with Gasteiger partial charge in [0.1, 0.15) is 11.5 Å². The predicted octanol–water partition coefficient (Wildman–Crippen LogP) is 2.66. The molecule has 0 aromatic carbocycles. The van der Waals surface area contributed by atoms with Gasteiger partial charge in [-0.15, -0.1) is 0 Å². The zero-order valence-corrected chi connectivity index (χ0v) is 12.1. The summed E-state index contributed by atoms with van der Waals surface area (Å²) in [5.41, 5.74) is 2.00. The molecule has 3 aromatic heterocycles. The number of aromatic nitrogens is 3. The second kappa shape index (κ2) is 5.05. The van der Waals surface area contributed by atoms with Gasteiger partial charge in [0, 0.05) is 17.3 Å². The fraction of sp³-hybridized carbons (Fsp3) is 0.267. The molecule has 0 unspecified atom stereocenters. The number of hydrogen-bond acceptors (Lipinski definition) is 4. The largest absolute Gasteiger partial charge is 0.464 e. The molecule has 0 saturated carbocycles. The predicted molar refractivity (Wildman–Crippen MR) is 78.0 cm³/mol. The van der Waals surface area contributed by atoms with Gasteiger partial charge in [-0.1, -0.05) is 0 Å². The van der Waals surface area contributed by atoms with Gasteiger partial charge in [-0.3, -0.25) is 9.89 Å². The molecule has 21 heavy (non-hydrogen) atoms. The molecule has 3 rings (SSSR count). The number of amides is 1. The van der Waals surface area contributed by atoms with Crippen LogP contribution < -0.4 is 5.32 Å². The highest BCUT2D eigenvalue weighted by Gasteiger charge is 2.15. The van der Waals surface area contributed by atoms with Crippen molar-refractivity contribution in [3.8, 4) is 0 Å². The molecule has 0 aliphatic rings. The molecule has 6 nitrogen and oxygen atoms in total. The van der Waals surface area contributed by atoms with Gasteiger partial charge in [-0.05, 0) is 39.0 Å². The molecule has 1 atom stereocenters. The van der Waals surface area contributed by atoms with Crippen molar-refractivity contribution in [1.29, 1.82) is 0 Å². The fourth-order valence-corrected chi connectivity index (χ4v) is 2.18. The van der Waals surface area contributed by atoms with Crippen LogP contribution in [-0.4, -0.2) is 21.1 Å². The lowest BCUT2D eigenvalue weighted by Gasteiger charge is -2.11. The standard InChI is InChI=1S/C15H16N4O2/c1-8-4-5-13(21-8)10(3)17-15(20)11-6-12-9(2)18-19-14(12)16-7-11/h4-7,10H,1-3H3,(H,17,20)(H,16,18,19)/t10-/m0/s1. The SMILES string of the molecule is Cc1ccc([C@H](C)NC(=O)c2cnc3n[nH]c(C)c3c2)o1. The van der Waals surface area contributed by atoms with E-state index < -0.39 is 0 Å². The van der Waals surface area contributed by atoms with Crippen molar-refractivity contribution in [3.63, 3.8) is 0 Å². The van der Waals surface area contributed by atoms with Crippen LogP contribution in [0.5, 0.6) is 0 Å². The van der Waals surface area contributed by atoms with E-state index in [1.54, 1.807) is 6.07 Å². The van der Waals surface area contributed by atoms with Gasteiger partial charge in [0.2, 0.25) is 0 Å². The Bertz CT molecular complexity index is 803. The molecule has 0 saturated heterocycles. The Kier molecular flexibility index (Phi) is 3.21. The average Bonchev–Trinajstić information content (AvgIpc) is 3.05.